The van der Waals surface area contributed by atoms with Gasteiger partial charge in [0.1, 0.15) is 23.8 Å². The molecule has 1 aromatic carbocycles. The summed E-state index contributed by atoms with van der Waals surface area (Å²) in [7, 11) is 0. The van der Waals surface area contributed by atoms with E-state index in [2.05, 4.69) is 44.7 Å². The van der Waals surface area contributed by atoms with Crippen LogP contribution in [0.2, 0.25) is 0 Å². The van der Waals surface area contributed by atoms with Crippen molar-refractivity contribution in [1.29, 1.82) is 0 Å². The Kier molecular flexibility index (Phi) is 19.9. The maximum absolute atomic E-state index is 13.4. The molecule has 0 bridgehead atoms. The first-order chi connectivity index (χ1) is 26.4. The zero-order chi connectivity index (χ0) is 40.1. The van der Waals surface area contributed by atoms with Crippen molar-refractivity contribution in [1.82, 2.24) is 24.8 Å². The van der Waals surface area contributed by atoms with E-state index in [4.69, 9.17) is 15.2 Å². The number of carbonyl (C=O) groups is 3. The zero-order valence-electron chi connectivity index (χ0n) is 33.6. The summed E-state index contributed by atoms with van der Waals surface area (Å²) in [6.45, 7) is 10.7. The fraction of sp³-hybridized carbons (Fsp3) is 0.650. The number of ether oxygens (including phenoxy) is 2. The van der Waals surface area contributed by atoms with E-state index in [-0.39, 0.29) is 36.4 Å². The summed E-state index contributed by atoms with van der Waals surface area (Å²) in [5.41, 5.74) is 7.06. The average Bonchev–Trinajstić information content (AvgIpc) is 3.44. The Morgan fingerprint density at radius 2 is 1.55 bits per heavy atom. The molecule has 0 aliphatic rings. The number of thioether (sulfide) groups is 1. The molecule has 0 saturated heterocycles. The van der Waals surface area contributed by atoms with E-state index in [1.165, 1.54) is 67.7 Å². The van der Waals surface area contributed by atoms with Crippen molar-refractivity contribution in [3.05, 3.63) is 40.3 Å². The van der Waals surface area contributed by atoms with Gasteiger partial charge in [-0.2, -0.15) is 21.7 Å². The molecule has 2 aromatic heterocycles. The van der Waals surface area contributed by atoms with Crippen LogP contribution >= 0.6 is 11.8 Å². The number of rotatable bonds is 26. The fourth-order valence-electron chi connectivity index (χ4n) is 5.81. The molecular formula is C40H64N8O6S. The highest BCUT2D eigenvalue weighted by Gasteiger charge is 2.25. The molecule has 306 valence electrons. The van der Waals surface area contributed by atoms with Gasteiger partial charge in [-0.15, -0.1) is 0 Å². The maximum Gasteiger partial charge on any atom is 0.408 e. The largest absolute Gasteiger partial charge is 0.465 e. The molecule has 0 radical (unpaired) electrons. The monoisotopic (exact) mass is 784 g/mol. The topological polar surface area (TPSA) is 195 Å². The van der Waals surface area contributed by atoms with Crippen LogP contribution in [0.1, 0.15) is 130 Å². The molecule has 0 aliphatic carbocycles. The summed E-state index contributed by atoms with van der Waals surface area (Å²) in [6.07, 6.45) is 15.1. The number of nitrogens with zero attached hydrogens (tertiary/aromatic N) is 3. The molecule has 6 N–H and O–H groups in total. The molecule has 0 spiro atoms. The van der Waals surface area contributed by atoms with Gasteiger partial charge >= 0.3 is 17.8 Å². The van der Waals surface area contributed by atoms with E-state index in [0.29, 0.717) is 41.5 Å². The molecule has 0 unspecified atom stereocenters. The van der Waals surface area contributed by atoms with Crippen molar-refractivity contribution in [3.8, 4) is 0 Å². The molecule has 14 nitrogen and oxygen atoms in total. The number of aromatic amines is 1. The number of hydrogen-bond acceptors (Lipinski definition) is 11. The number of alkyl carbamates (subject to hydrolysis) is 1. The van der Waals surface area contributed by atoms with Gasteiger partial charge in [0.25, 0.3) is 0 Å². The predicted molar refractivity (Wildman–Crippen MR) is 223 cm³/mol. The number of nitrogens with two attached hydrogens (primary N) is 1. The number of anilines is 3. The van der Waals surface area contributed by atoms with Crippen molar-refractivity contribution in [2.45, 2.75) is 143 Å². The van der Waals surface area contributed by atoms with Gasteiger partial charge in [0, 0.05) is 30.2 Å². The minimum atomic E-state index is -0.915. The second-order valence-electron chi connectivity index (χ2n) is 14.9. The molecule has 3 rings (SSSR count). The summed E-state index contributed by atoms with van der Waals surface area (Å²) in [4.78, 5) is 62.7. The summed E-state index contributed by atoms with van der Waals surface area (Å²) in [6, 6.07) is 6.12. The van der Waals surface area contributed by atoms with Gasteiger partial charge in [-0.1, -0.05) is 96.6 Å². The molecule has 1 atom stereocenters. The molecule has 0 saturated carbocycles. The van der Waals surface area contributed by atoms with Crippen LogP contribution in [-0.4, -0.2) is 73.8 Å². The van der Waals surface area contributed by atoms with E-state index >= 15 is 0 Å². The second-order valence-corrected chi connectivity index (χ2v) is 16.0. The highest BCUT2D eigenvalue weighted by Crippen LogP contribution is 2.19. The van der Waals surface area contributed by atoms with Crippen LogP contribution < -0.4 is 27.4 Å². The summed E-state index contributed by atoms with van der Waals surface area (Å²) in [5.74, 6) is 0.607. The van der Waals surface area contributed by atoms with Crippen LogP contribution in [0.25, 0.3) is 11.2 Å². The number of benzene rings is 1. The van der Waals surface area contributed by atoms with E-state index in [9.17, 15) is 19.2 Å². The number of amides is 2. The van der Waals surface area contributed by atoms with E-state index in [1.54, 1.807) is 45.0 Å². The van der Waals surface area contributed by atoms with Crippen LogP contribution in [0.4, 0.5) is 22.2 Å². The van der Waals surface area contributed by atoms with Crippen LogP contribution in [0, 0.1) is 0 Å². The molecule has 3 aromatic rings. The lowest BCUT2D eigenvalue weighted by Crippen LogP contribution is -2.47. The quantitative estimate of drug-likeness (QED) is 0.0394. The number of carbonyl (C=O) groups excluding carboxylic acids is 3. The lowest BCUT2D eigenvalue weighted by atomic mass is 10.1. The number of imidazole rings is 1. The van der Waals surface area contributed by atoms with Crippen molar-refractivity contribution in [2.24, 2.45) is 0 Å². The Balaban J connectivity index is 1.47. The second kappa shape index (κ2) is 24.3. The predicted octanol–water partition coefficient (Wildman–Crippen LogP) is 7.77. The molecule has 55 heavy (non-hydrogen) atoms. The smallest absolute Gasteiger partial charge is 0.408 e. The fourth-order valence-corrected chi connectivity index (χ4v) is 6.65. The maximum atomic E-state index is 13.4. The number of nitrogen functional groups attached to an aromatic ring is 1. The summed E-state index contributed by atoms with van der Waals surface area (Å²) >= 11 is 1.39. The standard InChI is InChI=1S/C40H64N8O6S/c1-6-8-10-11-12-13-14-15-16-17-18-19-32(49)53-25-26-55-28-31(44-39(52)54-40(3,4)5)36(50)43-30-22-20-29(21-23-30)27-48-35-33(45-38(48)51)34(41)46-37(47-35)42-24-9-7-2/h20-23,31H,6-19,24-28H2,1-5H3,(H,43,50)(H,44,52)(H,45,51)(H3,41,42,46,47)/t31-/m0/s1. The first-order valence-corrected chi connectivity index (χ1v) is 21.2. The van der Waals surface area contributed by atoms with Crippen molar-refractivity contribution in [2.75, 3.05) is 41.0 Å². The summed E-state index contributed by atoms with van der Waals surface area (Å²) in [5, 5.41) is 8.69. The number of H-pyrrole nitrogens is 1. The zero-order valence-corrected chi connectivity index (χ0v) is 34.4. The van der Waals surface area contributed by atoms with Gasteiger partial charge in [-0.3, -0.25) is 14.2 Å². The lowest BCUT2D eigenvalue weighted by Gasteiger charge is -2.23. The Bertz CT molecular complexity index is 1670. The highest BCUT2D eigenvalue weighted by molar-refractivity contribution is 7.99. The Morgan fingerprint density at radius 1 is 0.909 bits per heavy atom. The van der Waals surface area contributed by atoms with Gasteiger partial charge in [-0.25, -0.2) is 9.59 Å². The number of unbranched alkanes of at least 4 members (excludes halogenated alkanes) is 11. The Hall–Kier alpha value is -4.27. The van der Waals surface area contributed by atoms with Crippen LogP contribution in [0.15, 0.2) is 29.1 Å². The third-order valence-electron chi connectivity index (χ3n) is 8.79. The van der Waals surface area contributed by atoms with Crippen molar-refractivity contribution >= 4 is 58.3 Å². The molecule has 15 heteroatoms. The average molecular weight is 785 g/mol. The third-order valence-corrected chi connectivity index (χ3v) is 9.82. The van der Waals surface area contributed by atoms with Gasteiger partial charge in [0.2, 0.25) is 11.9 Å². The Labute approximate surface area is 330 Å². The normalized spacial score (nSPS) is 12.0. The molecule has 0 aliphatic heterocycles. The number of aromatic nitrogens is 4. The molecular weight excluding hydrogens is 721 g/mol. The van der Waals surface area contributed by atoms with Crippen molar-refractivity contribution < 1.29 is 23.9 Å². The number of nitrogens with one attached hydrogen (secondary N) is 4. The number of fused-ring (bicyclic) bond motifs is 1. The molecule has 0 fully saturated rings. The van der Waals surface area contributed by atoms with Gasteiger partial charge in [-0.05, 0) is 51.3 Å². The lowest BCUT2D eigenvalue weighted by molar-refractivity contribution is -0.143. The van der Waals surface area contributed by atoms with Gasteiger partial charge < -0.3 is 36.1 Å². The highest BCUT2D eigenvalue weighted by atomic mass is 32.2. The number of hydrogen-bond donors (Lipinski definition) is 5. The van der Waals surface area contributed by atoms with Crippen LogP contribution in [0.3, 0.4) is 0 Å². The van der Waals surface area contributed by atoms with E-state index < -0.39 is 23.6 Å². The summed E-state index contributed by atoms with van der Waals surface area (Å²) < 4.78 is 12.3. The third kappa shape index (κ3) is 17.4. The van der Waals surface area contributed by atoms with E-state index in [1.807, 2.05) is 0 Å². The minimum Gasteiger partial charge on any atom is -0.465 e. The molecule has 2 amide bonds. The van der Waals surface area contributed by atoms with Crippen molar-refractivity contribution in [3.63, 3.8) is 0 Å². The van der Waals surface area contributed by atoms with Gasteiger partial charge in [0.15, 0.2) is 11.5 Å². The molecule has 2 heterocycles. The van der Waals surface area contributed by atoms with E-state index in [0.717, 1.165) is 37.7 Å². The van der Waals surface area contributed by atoms with Crippen LogP contribution in [0.5, 0.6) is 0 Å². The SMILES string of the molecule is CCCCCCCCCCCCCC(=O)OCCSC[C@H](NC(=O)OC(C)(C)C)C(=O)Nc1ccc(Cn2c(=O)[nH]c3c(N)nc(NCCCC)nc32)cc1. The number of esters is 1. The van der Waals surface area contributed by atoms with Gasteiger partial charge in [0.05, 0.1) is 6.54 Å². The first kappa shape index (κ1) is 45.1. The Morgan fingerprint density at radius 3 is 2.18 bits per heavy atom. The van der Waals surface area contributed by atoms with Crippen LogP contribution in [-0.2, 0) is 25.6 Å². The minimum absolute atomic E-state index is 0.182. The first-order valence-electron chi connectivity index (χ1n) is 20.0.